The predicted molar refractivity (Wildman–Crippen MR) is 82.1 cm³/mol. The van der Waals surface area contributed by atoms with Gasteiger partial charge in [0.25, 0.3) is 0 Å². The molecule has 0 aliphatic carbocycles. The highest BCUT2D eigenvalue weighted by atomic mass is 32.2. The topological polar surface area (TPSA) is 94.3 Å². The molecule has 0 saturated heterocycles. The van der Waals surface area contributed by atoms with Gasteiger partial charge in [0.2, 0.25) is 5.88 Å². The van der Waals surface area contributed by atoms with Gasteiger partial charge in [-0.1, -0.05) is 12.1 Å². The third-order valence-corrected chi connectivity index (χ3v) is 4.05. The first-order chi connectivity index (χ1) is 9.90. The van der Waals surface area contributed by atoms with E-state index in [4.69, 9.17) is 10.5 Å². The molecule has 1 aromatic carbocycles. The Morgan fingerprint density at radius 1 is 1.19 bits per heavy atom. The van der Waals surface area contributed by atoms with Crippen LogP contribution in [0.1, 0.15) is 5.56 Å². The van der Waals surface area contributed by atoms with E-state index in [1.54, 1.807) is 36.4 Å². The fourth-order valence-corrected chi connectivity index (χ4v) is 2.38. The molecule has 0 radical (unpaired) electrons. The molecule has 0 bridgehead atoms. The molecule has 112 valence electrons. The largest absolute Gasteiger partial charge is 0.481 e. The number of nitrogens with one attached hydrogen (secondary N) is 1. The summed E-state index contributed by atoms with van der Waals surface area (Å²) in [6, 6.07) is 10.0. The summed E-state index contributed by atoms with van der Waals surface area (Å²) in [5, 5.41) is 3.10. The lowest BCUT2D eigenvalue weighted by Crippen LogP contribution is -2.05. The fraction of sp³-hybridized carbons (Fsp3) is 0.214. The van der Waals surface area contributed by atoms with Crippen molar-refractivity contribution in [2.45, 2.75) is 11.4 Å². The monoisotopic (exact) mass is 307 g/mol. The number of hydrogen-bond acceptors (Lipinski definition) is 6. The summed E-state index contributed by atoms with van der Waals surface area (Å²) in [6.07, 6.45) is 1.18. The van der Waals surface area contributed by atoms with E-state index in [0.717, 1.165) is 5.56 Å². The smallest absolute Gasteiger partial charge is 0.215 e. The van der Waals surface area contributed by atoms with Gasteiger partial charge in [-0.05, 0) is 23.8 Å². The molecular weight excluding hydrogens is 290 g/mol. The number of ether oxygens (including phenoxy) is 1. The minimum atomic E-state index is -3.17. The number of rotatable bonds is 5. The van der Waals surface area contributed by atoms with Crippen molar-refractivity contribution in [2.24, 2.45) is 0 Å². The van der Waals surface area contributed by atoms with Crippen molar-refractivity contribution in [3.05, 3.63) is 42.0 Å². The van der Waals surface area contributed by atoms with Gasteiger partial charge in [0, 0.05) is 18.9 Å². The van der Waals surface area contributed by atoms with Gasteiger partial charge >= 0.3 is 0 Å². The van der Waals surface area contributed by atoms with Gasteiger partial charge < -0.3 is 15.8 Å². The molecule has 6 nitrogen and oxygen atoms in total. The van der Waals surface area contributed by atoms with E-state index in [9.17, 15) is 8.42 Å². The van der Waals surface area contributed by atoms with Gasteiger partial charge in [-0.2, -0.15) is 4.98 Å². The molecule has 0 atom stereocenters. The third kappa shape index (κ3) is 3.85. The number of hydrogen-bond donors (Lipinski definition) is 2. The third-order valence-electron chi connectivity index (χ3n) is 2.92. The summed E-state index contributed by atoms with van der Waals surface area (Å²) >= 11 is 0. The number of nitrogen functional groups attached to an aromatic ring is 1. The van der Waals surface area contributed by atoms with E-state index < -0.39 is 9.84 Å². The van der Waals surface area contributed by atoms with Crippen molar-refractivity contribution >= 4 is 21.3 Å². The summed E-state index contributed by atoms with van der Waals surface area (Å²) in [5.41, 5.74) is 7.27. The van der Waals surface area contributed by atoms with Gasteiger partial charge in [-0.3, -0.25) is 0 Å². The van der Waals surface area contributed by atoms with Crippen LogP contribution >= 0.6 is 0 Å². The van der Waals surface area contributed by atoms with Crippen LogP contribution in [0, 0.1) is 0 Å². The second kappa shape index (κ2) is 6.01. The van der Waals surface area contributed by atoms with Crippen LogP contribution in [0.3, 0.4) is 0 Å². The molecule has 0 unspecified atom stereocenters. The maximum Gasteiger partial charge on any atom is 0.215 e. The lowest BCUT2D eigenvalue weighted by atomic mass is 10.2. The van der Waals surface area contributed by atoms with Crippen LogP contribution in [0.15, 0.2) is 41.3 Å². The number of pyridine rings is 1. The van der Waals surface area contributed by atoms with Crippen molar-refractivity contribution in [3.63, 3.8) is 0 Å². The van der Waals surface area contributed by atoms with Crippen molar-refractivity contribution < 1.29 is 13.2 Å². The number of benzene rings is 1. The Hall–Kier alpha value is -2.28. The number of sulfone groups is 1. The number of nitrogens with zero attached hydrogens (tertiary/aromatic N) is 1. The zero-order valence-electron chi connectivity index (χ0n) is 11.8. The molecule has 2 aromatic rings. The van der Waals surface area contributed by atoms with Crippen molar-refractivity contribution in [1.29, 1.82) is 0 Å². The highest BCUT2D eigenvalue weighted by molar-refractivity contribution is 7.90. The Morgan fingerprint density at radius 3 is 2.43 bits per heavy atom. The molecule has 0 fully saturated rings. The Kier molecular flexibility index (Phi) is 4.32. The van der Waals surface area contributed by atoms with E-state index >= 15 is 0 Å². The van der Waals surface area contributed by atoms with Gasteiger partial charge in [0.1, 0.15) is 0 Å². The summed E-state index contributed by atoms with van der Waals surface area (Å²) in [7, 11) is -1.64. The molecule has 1 aromatic heterocycles. The SMILES string of the molecule is COc1ccc(N)c(NCc2ccc(S(C)(=O)=O)cc2)n1. The van der Waals surface area contributed by atoms with Gasteiger partial charge in [0.05, 0.1) is 17.7 Å². The number of methoxy groups -OCH3 is 1. The Morgan fingerprint density at radius 2 is 1.86 bits per heavy atom. The van der Waals surface area contributed by atoms with Crippen LogP contribution in [0.4, 0.5) is 11.5 Å². The summed E-state index contributed by atoms with van der Waals surface area (Å²) in [5.74, 6) is 1.00. The van der Waals surface area contributed by atoms with Crippen LogP contribution < -0.4 is 15.8 Å². The zero-order valence-corrected chi connectivity index (χ0v) is 12.6. The van der Waals surface area contributed by atoms with Gasteiger partial charge in [0.15, 0.2) is 15.7 Å². The Balaban J connectivity index is 2.10. The Bertz CT molecular complexity index is 728. The van der Waals surface area contributed by atoms with Crippen LogP contribution in [-0.2, 0) is 16.4 Å². The van der Waals surface area contributed by atoms with Gasteiger partial charge in [-0.25, -0.2) is 8.42 Å². The maximum atomic E-state index is 11.4. The van der Waals surface area contributed by atoms with Crippen molar-refractivity contribution in [2.75, 3.05) is 24.4 Å². The van der Waals surface area contributed by atoms with Crippen molar-refractivity contribution in [1.82, 2.24) is 4.98 Å². The standard InChI is InChI=1S/C14H17N3O3S/c1-20-13-8-7-12(15)14(17-13)16-9-10-3-5-11(6-4-10)21(2,18)19/h3-8H,9,15H2,1-2H3,(H,16,17). The highest BCUT2D eigenvalue weighted by Crippen LogP contribution is 2.20. The van der Waals surface area contributed by atoms with Crippen molar-refractivity contribution in [3.8, 4) is 5.88 Å². The quantitative estimate of drug-likeness (QED) is 0.873. The minimum absolute atomic E-state index is 0.297. The molecular formula is C14H17N3O3S. The summed E-state index contributed by atoms with van der Waals surface area (Å²) in [4.78, 5) is 4.50. The number of anilines is 2. The second-order valence-corrected chi connectivity index (χ2v) is 6.58. The van der Waals surface area contributed by atoms with E-state index in [1.807, 2.05) is 0 Å². The summed E-state index contributed by atoms with van der Waals surface area (Å²) in [6.45, 7) is 0.481. The molecule has 0 aliphatic heterocycles. The first-order valence-corrected chi connectivity index (χ1v) is 8.12. The van der Waals surface area contributed by atoms with E-state index in [0.29, 0.717) is 28.8 Å². The molecule has 3 N–H and O–H groups in total. The number of nitrogens with two attached hydrogens (primary N) is 1. The maximum absolute atomic E-state index is 11.4. The predicted octanol–water partition coefficient (Wildman–Crippen LogP) is 1.69. The van der Waals surface area contributed by atoms with Gasteiger partial charge in [-0.15, -0.1) is 0 Å². The molecule has 7 heteroatoms. The normalized spacial score (nSPS) is 11.1. The van der Waals surface area contributed by atoms with E-state index in [1.165, 1.54) is 13.4 Å². The van der Waals surface area contributed by atoms with Crippen LogP contribution in [0.5, 0.6) is 5.88 Å². The average molecular weight is 307 g/mol. The molecule has 21 heavy (non-hydrogen) atoms. The second-order valence-electron chi connectivity index (χ2n) is 4.56. The molecule has 0 spiro atoms. The minimum Gasteiger partial charge on any atom is -0.481 e. The van der Waals surface area contributed by atoms with E-state index in [-0.39, 0.29) is 0 Å². The van der Waals surface area contributed by atoms with Crippen LogP contribution in [0.25, 0.3) is 0 Å². The highest BCUT2D eigenvalue weighted by Gasteiger charge is 2.07. The zero-order chi connectivity index (χ0) is 15.5. The van der Waals surface area contributed by atoms with Crippen LogP contribution in [0.2, 0.25) is 0 Å². The summed E-state index contributed by atoms with van der Waals surface area (Å²) < 4.78 is 27.8. The molecule has 0 aliphatic rings. The first kappa shape index (κ1) is 15.1. The fourth-order valence-electron chi connectivity index (χ4n) is 1.75. The lowest BCUT2D eigenvalue weighted by Gasteiger charge is -2.10. The first-order valence-electron chi connectivity index (χ1n) is 6.23. The molecule has 0 saturated carbocycles. The lowest BCUT2D eigenvalue weighted by molar-refractivity contribution is 0.398. The number of aromatic nitrogens is 1. The molecule has 2 rings (SSSR count). The Labute approximate surface area is 123 Å². The van der Waals surface area contributed by atoms with E-state index in [2.05, 4.69) is 10.3 Å². The molecule has 0 amide bonds. The van der Waals surface area contributed by atoms with Crippen LogP contribution in [-0.4, -0.2) is 26.8 Å². The molecule has 1 heterocycles. The average Bonchev–Trinajstić information content (AvgIpc) is 2.46.